The summed E-state index contributed by atoms with van der Waals surface area (Å²) in [6.07, 6.45) is 8.69. The first kappa shape index (κ1) is 14.2. The second-order valence-corrected chi connectivity index (χ2v) is 6.12. The number of nitrogens with one attached hydrogen (secondary N) is 1. The van der Waals surface area contributed by atoms with E-state index in [1.165, 1.54) is 37.8 Å². The lowest BCUT2D eigenvalue weighted by Gasteiger charge is -2.32. The minimum Gasteiger partial charge on any atom is -0.352 e. The van der Waals surface area contributed by atoms with E-state index in [-0.39, 0.29) is 0 Å². The van der Waals surface area contributed by atoms with E-state index >= 15 is 0 Å². The average molecular weight is 283 g/mol. The first-order valence-corrected chi connectivity index (χ1v) is 8.16. The summed E-state index contributed by atoms with van der Waals surface area (Å²) in [6.45, 7) is 4.36. The van der Waals surface area contributed by atoms with Gasteiger partial charge >= 0.3 is 0 Å². The summed E-state index contributed by atoms with van der Waals surface area (Å²) < 4.78 is 2.18. The Morgan fingerprint density at radius 3 is 2.71 bits per heavy atom. The molecule has 112 valence electrons. The van der Waals surface area contributed by atoms with Crippen molar-refractivity contribution in [3.63, 3.8) is 0 Å². The van der Waals surface area contributed by atoms with Gasteiger partial charge in [-0.1, -0.05) is 44.4 Å². The van der Waals surface area contributed by atoms with Crippen LogP contribution >= 0.6 is 0 Å². The topological polar surface area (TPSA) is 29.9 Å². The van der Waals surface area contributed by atoms with Gasteiger partial charge < -0.3 is 5.32 Å². The molecule has 2 unspecified atom stereocenters. The molecule has 0 radical (unpaired) electrons. The van der Waals surface area contributed by atoms with E-state index in [2.05, 4.69) is 60.3 Å². The summed E-state index contributed by atoms with van der Waals surface area (Å²) in [5.74, 6) is 1.77. The Labute approximate surface area is 127 Å². The zero-order chi connectivity index (χ0) is 14.7. The number of benzene rings is 1. The fourth-order valence-corrected chi connectivity index (χ4v) is 3.44. The average Bonchev–Trinajstić information content (AvgIpc) is 2.89. The van der Waals surface area contributed by atoms with Gasteiger partial charge in [0.15, 0.2) is 0 Å². The maximum atomic E-state index is 4.70. The maximum absolute atomic E-state index is 4.70. The highest BCUT2D eigenvalue weighted by Crippen LogP contribution is 2.29. The summed E-state index contributed by atoms with van der Waals surface area (Å²) in [5, 5.41) is 3.72. The summed E-state index contributed by atoms with van der Waals surface area (Å²) in [4.78, 5) is 4.70. The Bertz CT molecular complexity index is 573. The largest absolute Gasteiger partial charge is 0.352 e. The lowest BCUT2D eigenvalue weighted by atomic mass is 9.83. The number of aryl methyl sites for hydroxylation is 1. The van der Waals surface area contributed by atoms with E-state index in [9.17, 15) is 0 Å². The van der Waals surface area contributed by atoms with E-state index < -0.39 is 0 Å². The van der Waals surface area contributed by atoms with Crippen LogP contribution in [0, 0.1) is 12.8 Å². The highest BCUT2D eigenvalue weighted by Gasteiger charge is 2.24. The maximum Gasteiger partial charge on any atom is 0.207 e. The molecule has 1 aromatic heterocycles. The van der Waals surface area contributed by atoms with Gasteiger partial charge in [0.25, 0.3) is 0 Å². The van der Waals surface area contributed by atoms with E-state index in [0.717, 1.165) is 17.6 Å². The first-order valence-electron chi connectivity index (χ1n) is 8.16. The molecule has 2 atom stereocenters. The third-order valence-electron chi connectivity index (χ3n) is 4.61. The van der Waals surface area contributed by atoms with Crippen LogP contribution in [0.2, 0.25) is 0 Å². The number of anilines is 1. The molecular formula is C18H25N3. The zero-order valence-electron chi connectivity index (χ0n) is 13.0. The zero-order valence-corrected chi connectivity index (χ0v) is 13.0. The van der Waals surface area contributed by atoms with Crippen LogP contribution in [-0.2, 0) is 0 Å². The number of aromatic nitrogens is 2. The molecule has 1 aliphatic rings. The van der Waals surface area contributed by atoms with Crippen LogP contribution < -0.4 is 5.32 Å². The molecule has 0 aliphatic heterocycles. The van der Waals surface area contributed by atoms with Crippen LogP contribution in [0.25, 0.3) is 5.69 Å². The highest BCUT2D eigenvalue weighted by molar-refractivity contribution is 5.43. The lowest BCUT2D eigenvalue weighted by molar-refractivity contribution is 0.316. The molecule has 2 aromatic rings. The molecule has 0 saturated heterocycles. The second-order valence-electron chi connectivity index (χ2n) is 6.12. The molecule has 3 nitrogen and oxygen atoms in total. The number of rotatable bonds is 4. The van der Waals surface area contributed by atoms with Crippen molar-refractivity contribution in [3.8, 4) is 5.69 Å². The molecule has 0 spiro atoms. The Morgan fingerprint density at radius 1 is 1.19 bits per heavy atom. The molecule has 21 heavy (non-hydrogen) atoms. The van der Waals surface area contributed by atoms with E-state index in [0.29, 0.717) is 6.04 Å². The highest BCUT2D eigenvalue weighted by atomic mass is 15.2. The van der Waals surface area contributed by atoms with Gasteiger partial charge in [-0.2, -0.15) is 0 Å². The Morgan fingerprint density at radius 2 is 1.95 bits per heavy atom. The summed E-state index contributed by atoms with van der Waals surface area (Å²) in [5.41, 5.74) is 2.23. The van der Waals surface area contributed by atoms with Gasteiger partial charge in [0.1, 0.15) is 0 Å². The minimum absolute atomic E-state index is 0.563. The van der Waals surface area contributed by atoms with Crippen LogP contribution in [0.4, 0.5) is 5.95 Å². The number of imidazole rings is 1. The predicted octanol–water partition coefficient (Wildman–Crippen LogP) is 4.56. The molecule has 1 heterocycles. The van der Waals surface area contributed by atoms with Crippen LogP contribution in [0.1, 0.15) is 44.7 Å². The molecular weight excluding hydrogens is 258 g/mol. The van der Waals surface area contributed by atoms with E-state index in [1.54, 1.807) is 0 Å². The van der Waals surface area contributed by atoms with Crippen LogP contribution in [-0.4, -0.2) is 15.6 Å². The van der Waals surface area contributed by atoms with Crippen LogP contribution in [0.3, 0.4) is 0 Å². The smallest absolute Gasteiger partial charge is 0.207 e. The van der Waals surface area contributed by atoms with Gasteiger partial charge in [0.05, 0.1) is 5.69 Å². The Kier molecular flexibility index (Phi) is 4.28. The van der Waals surface area contributed by atoms with Gasteiger partial charge in [0, 0.05) is 17.9 Å². The van der Waals surface area contributed by atoms with Crippen molar-refractivity contribution in [2.45, 2.75) is 52.0 Å². The molecule has 1 N–H and O–H groups in total. The number of hydrogen-bond donors (Lipinski definition) is 1. The predicted molar refractivity (Wildman–Crippen MR) is 88.0 cm³/mol. The van der Waals surface area contributed by atoms with Gasteiger partial charge in [-0.15, -0.1) is 0 Å². The monoisotopic (exact) mass is 283 g/mol. The van der Waals surface area contributed by atoms with Crippen molar-refractivity contribution in [2.75, 3.05) is 5.32 Å². The summed E-state index contributed by atoms with van der Waals surface area (Å²) in [6, 6.07) is 11.0. The van der Waals surface area contributed by atoms with Crippen molar-refractivity contribution < 1.29 is 0 Å². The lowest BCUT2D eigenvalue weighted by Crippen LogP contribution is -2.32. The SMILES string of the molecule is CCC1CCCCC1Nc1nc(C)cn1-c1ccccc1. The third-order valence-corrected chi connectivity index (χ3v) is 4.61. The Hall–Kier alpha value is -1.77. The third kappa shape index (κ3) is 3.12. The summed E-state index contributed by atoms with van der Waals surface area (Å²) in [7, 11) is 0. The molecule has 1 aliphatic carbocycles. The molecule has 1 saturated carbocycles. The molecule has 3 rings (SSSR count). The van der Waals surface area contributed by atoms with Crippen molar-refractivity contribution in [2.24, 2.45) is 5.92 Å². The minimum atomic E-state index is 0.563. The molecule has 0 bridgehead atoms. The standard InChI is InChI=1S/C18H25N3/c1-3-15-9-7-8-12-17(15)20-18-19-14(2)13-21(18)16-10-5-4-6-11-16/h4-6,10-11,13,15,17H,3,7-9,12H2,1-2H3,(H,19,20). The van der Waals surface area contributed by atoms with E-state index in [4.69, 9.17) is 4.98 Å². The normalized spacial score (nSPS) is 22.2. The van der Waals surface area contributed by atoms with Crippen molar-refractivity contribution in [1.82, 2.24) is 9.55 Å². The summed E-state index contributed by atoms with van der Waals surface area (Å²) >= 11 is 0. The van der Waals surface area contributed by atoms with Gasteiger partial charge in [0.2, 0.25) is 5.95 Å². The first-order chi connectivity index (χ1) is 10.3. The van der Waals surface area contributed by atoms with E-state index in [1.807, 2.05) is 0 Å². The van der Waals surface area contributed by atoms with Gasteiger partial charge in [-0.05, 0) is 37.8 Å². The molecule has 1 fully saturated rings. The van der Waals surface area contributed by atoms with Gasteiger partial charge in [-0.25, -0.2) is 4.98 Å². The van der Waals surface area contributed by atoms with Gasteiger partial charge in [-0.3, -0.25) is 4.57 Å². The quantitative estimate of drug-likeness (QED) is 0.891. The fourth-order valence-electron chi connectivity index (χ4n) is 3.44. The fraction of sp³-hybridized carbons (Fsp3) is 0.500. The number of hydrogen-bond acceptors (Lipinski definition) is 2. The van der Waals surface area contributed by atoms with Crippen LogP contribution in [0.5, 0.6) is 0 Å². The molecule has 3 heteroatoms. The Balaban J connectivity index is 1.85. The number of nitrogens with zero attached hydrogens (tertiary/aromatic N) is 2. The van der Waals surface area contributed by atoms with Crippen molar-refractivity contribution >= 4 is 5.95 Å². The van der Waals surface area contributed by atoms with Crippen molar-refractivity contribution in [1.29, 1.82) is 0 Å². The second kappa shape index (κ2) is 6.33. The van der Waals surface area contributed by atoms with Crippen LogP contribution in [0.15, 0.2) is 36.5 Å². The molecule has 1 aromatic carbocycles. The van der Waals surface area contributed by atoms with Crippen molar-refractivity contribution in [3.05, 3.63) is 42.2 Å². The molecule has 0 amide bonds. The number of para-hydroxylation sites is 1.